The molecule has 2 heterocycles. The first kappa shape index (κ1) is 23.5. The van der Waals surface area contributed by atoms with Crippen LogP contribution in [0.5, 0.6) is 11.5 Å². The number of nitrogens with two attached hydrogens (primary N) is 1. The molecule has 0 saturated carbocycles. The first-order valence-electron chi connectivity index (χ1n) is 11.2. The summed E-state index contributed by atoms with van der Waals surface area (Å²) in [5.41, 5.74) is 4.99. The summed E-state index contributed by atoms with van der Waals surface area (Å²) < 4.78 is 17.0. The molecule has 1 aromatic carbocycles. The van der Waals surface area contributed by atoms with E-state index in [1.54, 1.807) is 18.2 Å². The lowest BCUT2D eigenvalue weighted by Gasteiger charge is -2.58. The molecule has 0 amide bonds. The van der Waals surface area contributed by atoms with Crippen molar-refractivity contribution in [1.82, 2.24) is 4.90 Å². The van der Waals surface area contributed by atoms with Gasteiger partial charge >= 0.3 is 11.9 Å². The zero-order chi connectivity index (χ0) is 24.3. The second-order valence-corrected chi connectivity index (χ2v) is 9.51. The number of fused-ring (bicyclic) bond motifs is 1. The summed E-state index contributed by atoms with van der Waals surface area (Å²) in [6.45, 7) is 7.45. The Hall–Kier alpha value is -2.62. The molecule has 3 aliphatic rings. The minimum Gasteiger partial charge on any atom is -0.504 e. The Kier molecular flexibility index (Phi) is 5.71. The van der Waals surface area contributed by atoms with Crippen LogP contribution in [0.4, 0.5) is 0 Å². The number of rotatable bonds is 4. The highest BCUT2D eigenvalue weighted by Crippen LogP contribution is 2.62. The Morgan fingerprint density at radius 2 is 2.00 bits per heavy atom. The molecule has 1 spiro atoms. The van der Waals surface area contributed by atoms with Crippen LogP contribution in [-0.4, -0.2) is 70.5 Å². The molecule has 1 saturated heterocycles. The van der Waals surface area contributed by atoms with Gasteiger partial charge in [-0.1, -0.05) is 6.07 Å². The van der Waals surface area contributed by atoms with E-state index in [2.05, 4.69) is 4.90 Å². The van der Waals surface area contributed by atoms with E-state index in [9.17, 15) is 19.8 Å². The Morgan fingerprint density at radius 1 is 1.30 bits per heavy atom. The zero-order valence-electron chi connectivity index (χ0n) is 19.6. The van der Waals surface area contributed by atoms with Crippen LogP contribution in [0.25, 0.3) is 0 Å². The molecule has 0 unspecified atom stereocenters. The summed E-state index contributed by atoms with van der Waals surface area (Å²) in [7, 11) is 1.96. The van der Waals surface area contributed by atoms with E-state index in [0.29, 0.717) is 18.7 Å². The minimum atomic E-state index is -1.22. The van der Waals surface area contributed by atoms with Crippen molar-refractivity contribution in [1.29, 1.82) is 0 Å². The van der Waals surface area contributed by atoms with Crippen LogP contribution in [0.2, 0.25) is 0 Å². The van der Waals surface area contributed by atoms with Crippen LogP contribution in [0.1, 0.15) is 44.7 Å². The van der Waals surface area contributed by atoms with E-state index >= 15 is 0 Å². The Balaban J connectivity index is 1.75. The van der Waals surface area contributed by atoms with Gasteiger partial charge in [-0.05, 0) is 65.4 Å². The highest BCUT2D eigenvalue weighted by molar-refractivity contribution is 5.82. The van der Waals surface area contributed by atoms with E-state index in [-0.39, 0.29) is 24.0 Å². The summed E-state index contributed by atoms with van der Waals surface area (Å²) in [6, 6.07) is 2.28. The van der Waals surface area contributed by atoms with Crippen LogP contribution in [-0.2, 0) is 24.5 Å². The molecule has 0 aromatic heterocycles. The van der Waals surface area contributed by atoms with Gasteiger partial charge in [-0.3, -0.25) is 4.79 Å². The fourth-order valence-corrected chi connectivity index (χ4v) is 5.53. The van der Waals surface area contributed by atoms with Crippen LogP contribution in [0.3, 0.4) is 0 Å². The second-order valence-electron chi connectivity index (χ2n) is 9.51. The largest absolute Gasteiger partial charge is 0.504 e. The smallest absolute Gasteiger partial charge is 0.352 e. The predicted molar refractivity (Wildman–Crippen MR) is 119 cm³/mol. The van der Waals surface area contributed by atoms with Crippen molar-refractivity contribution in [3.05, 3.63) is 35.1 Å². The number of aromatic hydroxyl groups is 1. The monoisotopic (exact) mass is 460 g/mol. The van der Waals surface area contributed by atoms with E-state index in [0.717, 1.165) is 11.1 Å². The predicted octanol–water partition coefficient (Wildman–Crippen LogP) is 1.26. The molecule has 9 nitrogen and oxygen atoms in total. The van der Waals surface area contributed by atoms with Crippen LogP contribution in [0.15, 0.2) is 24.0 Å². The van der Waals surface area contributed by atoms with E-state index < -0.39 is 41.2 Å². The SMILES string of the molecule is Cc1ccc(O)c2c1[C@]13CCN(C)[C@H](C)[C@]1(O)CC=C(OC(=O)[C@H](C)OC(=O)[C@H](C)N)[C@@H]3O2. The van der Waals surface area contributed by atoms with E-state index in [1.165, 1.54) is 13.8 Å². The van der Waals surface area contributed by atoms with Gasteiger partial charge in [0.25, 0.3) is 0 Å². The number of ether oxygens (including phenoxy) is 3. The summed E-state index contributed by atoms with van der Waals surface area (Å²) in [5.74, 6) is -0.969. The Bertz CT molecular complexity index is 1020. The molecule has 6 atom stereocenters. The molecule has 1 fully saturated rings. The lowest BCUT2D eigenvalue weighted by molar-refractivity contribution is -0.172. The lowest BCUT2D eigenvalue weighted by Crippen LogP contribution is -2.71. The molecular weight excluding hydrogens is 428 g/mol. The fourth-order valence-electron chi connectivity index (χ4n) is 5.53. The van der Waals surface area contributed by atoms with Gasteiger partial charge in [-0.25, -0.2) is 4.79 Å². The number of carbonyl (C=O) groups excluding carboxylic acids is 2. The number of hydrogen-bond donors (Lipinski definition) is 3. The zero-order valence-corrected chi connectivity index (χ0v) is 19.6. The molecule has 4 N–H and O–H groups in total. The van der Waals surface area contributed by atoms with Crippen LogP contribution < -0.4 is 10.5 Å². The van der Waals surface area contributed by atoms with Crippen LogP contribution >= 0.6 is 0 Å². The van der Waals surface area contributed by atoms with Crippen molar-refractivity contribution >= 4 is 11.9 Å². The van der Waals surface area contributed by atoms with Crippen molar-refractivity contribution in [2.45, 2.75) is 75.8 Å². The van der Waals surface area contributed by atoms with Gasteiger partial charge in [0.2, 0.25) is 0 Å². The number of phenols is 1. The number of carbonyl (C=O) groups is 2. The highest BCUT2D eigenvalue weighted by Gasteiger charge is 2.69. The number of piperidine rings is 1. The number of likely N-dealkylation sites (tertiary alicyclic amines) is 1. The number of esters is 2. The number of likely N-dealkylation sites (N-methyl/N-ethyl adjacent to an activating group) is 1. The molecule has 0 bridgehead atoms. The number of phenolic OH excluding ortho intramolecular Hbond substituents is 1. The normalized spacial score (nSPS) is 32.4. The third-order valence-corrected chi connectivity index (χ3v) is 7.55. The van der Waals surface area contributed by atoms with E-state index in [1.807, 2.05) is 20.9 Å². The highest BCUT2D eigenvalue weighted by atomic mass is 16.6. The molecule has 2 aliphatic heterocycles. The van der Waals surface area contributed by atoms with Gasteiger partial charge in [-0.15, -0.1) is 0 Å². The van der Waals surface area contributed by atoms with Gasteiger partial charge in [0, 0.05) is 18.0 Å². The Labute approximate surface area is 193 Å². The molecule has 180 valence electrons. The molecule has 9 heteroatoms. The minimum absolute atomic E-state index is 0.0294. The standard InChI is InChI=1S/C24H32N2O7/c1-12-6-7-16(27)19-18(12)23-10-11-26(5)15(4)24(23,30)9-8-17(20(23)33-19)32-22(29)14(3)31-21(28)13(2)25/h6-8,13-15,20,27,30H,9-11,25H2,1-5H3/t13-,14-,15+,20-,23-,24+/m0/s1. The van der Waals surface area contributed by atoms with Crippen molar-refractivity contribution < 1.29 is 34.0 Å². The first-order valence-corrected chi connectivity index (χ1v) is 11.2. The molecule has 1 aromatic rings. The van der Waals surface area contributed by atoms with Crippen molar-refractivity contribution in [3.8, 4) is 11.5 Å². The third kappa shape index (κ3) is 3.33. The lowest BCUT2D eigenvalue weighted by atomic mass is 9.54. The van der Waals surface area contributed by atoms with Crippen LogP contribution in [0, 0.1) is 6.92 Å². The second kappa shape index (κ2) is 8.00. The Morgan fingerprint density at radius 3 is 2.67 bits per heavy atom. The third-order valence-electron chi connectivity index (χ3n) is 7.55. The number of hydrogen-bond acceptors (Lipinski definition) is 9. The summed E-state index contributed by atoms with van der Waals surface area (Å²) in [4.78, 5) is 26.7. The number of aliphatic hydroxyl groups is 1. The maximum absolute atomic E-state index is 12.8. The first-order chi connectivity index (χ1) is 15.4. The molecule has 0 radical (unpaired) electrons. The summed E-state index contributed by atoms with van der Waals surface area (Å²) >= 11 is 0. The quantitative estimate of drug-likeness (QED) is 0.568. The maximum atomic E-state index is 12.8. The number of nitrogens with zero attached hydrogens (tertiary/aromatic N) is 1. The van der Waals surface area contributed by atoms with Gasteiger partial charge in [-0.2, -0.15) is 0 Å². The fraction of sp³-hybridized carbons (Fsp3) is 0.583. The van der Waals surface area contributed by atoms with Gasteiger partial charge in [0.05, 0.1) is 11.0 Å². The summed E-state index contributed by atoms with van der Waals surface area (Å²) in [5, 5.41) is 22.7. The average Bonchev–Trinajstić information content (AvgIpc) is 3.13. The molecule has 4 rings (SSSR count). The average molecular weight is 461 g/mol. The van der Waals surface area contributed by atoms with Crippen molar-refractivity contribution in [2.24, 2.45) is 5.73 Å². The number of benzene rings is 1. The van der Waals surface area contributed by atoms with Gasteiger partial charge in [0.15, 0.2) is 23.7 Å². The van der Waals surface area contributed by atoms with Crippen molar-refractivity contribution in [2.75, 3.05) is 13.6 Å². The van der Waals surface area contributed by atoms with Crippen molar-refractivity contribution in [3.63, 3.8) is 0 Å². The van der Waals surface area contributed by atoms with Gasteiger partial charge in [0.1, 0.15) is 11.8 Å². The topological polar surface area (TPSA) is 132 Å². The number of aryl methyl sites for hydroxylation is 1. The van der Waals surface area contributed by atoms with Gasteiger partial charge < -0.3 is 35.1 Å². The maximum Gasteiger partial charge on any atom is 0.352 e. The molecule has 1 aliphatic carbocycles. The van der Waals surface area contributed by atoms with E-state index in [4.69, 9.17) is 19.9 Å². The molecular formula is C24H32N2O7. The molecule has 33 heavy (non-hydrogen) atoms. The summed E-state index contributed by atoms with van der Waals surface area (Å²) in [6.07, 6.45) is 0.431.